The van der Waals surface area contributed by atoms with Crippen molar-refractivity contribution < 1.29 is 24.6 Å². The monoisotopic (exact) mass is 486 g/mol. The van der Waals surface area contributed by atoms with E-state index in [-0.39, 0.29) is 18.6 Å². The van der Waals surface area contributed by atoms with Crippen molar-refractivity contribution in [1.29, 1.82) is 0 Å². The molecule has 0 radical (unpaired) electrons. The number of carbonyl (C=O) groups is 3. The van der Waals surface area contributed by atoms with Crippen molar-refractivity contribution in [3.8, 4) is 0 Å². The fourth-order valence-corrected chi connectivity index (χ4v) is 4.47. The average Bonchev–Trinajstić information content (AvgIpc) is 2.87. The zero-order valence-corrected chi connectivity index (χ0v) is 21.3. The number of aliphatic hydroxyl groups is 2. The Hall–Kier alpha value is -3.41. The van der Waals surface area contributed by atoms with Crippen LogP contribution in [-0.2, 0) is 0 Å². The second-order valence-corrected chi connectivity index (χ2v) is 10.2. The van der Waals surface area contributed by atoms with E-state index in [9.17, 15) is 24.6 Å². The highest BCUT2D eigenvalue weighted by Gasteiger charge is 2.42. The fourth-order valence-electron chi connectivity index (χ4n) is 4.47. The van der Waals surface area contributed by atoms with Crippen LogP contribution in [-0.4, -0.2) is 38.8 Å². The Kier molecular flexibility index (Phi) is 8.39. The summed E-state index contributed by atoms with van der Waals surface area (Å²) in [5.74, 6) is -2.07. The standard InChI is InChI=1S/C31H34O5/c1-21(2)22-15-17-25(18-16-22)29(34)31(4,36)20-26(27(32)23-11-7-5-8-12-23)19-30(3,35)28(33)24-13-9-6-10-14-24/h5-18,21,26,35-36H,19-20H2,1-4H3. The average molecular weight is 487 g/mol. The molecule has 0 fully saturated rings. The minimum absolute atomic E-state index is 0.246. The summed E-state index contributed by atoms with van der Waals surface area (Å²) >= 11 is 0. The van der Waals surface area contributed by atoms with E-state index in [2.05, 4.69) is 13.8 Å². The van der Waals surface area contributed by atoms with Crippen LogP contribution in [0.5, 0.6) is 0 Å². The third-order valence-corrected chi connectivity index (χ3v) is 6.57. The molecule has 0 aliphatic carbocycles. The first-order valence-electron chi connectivity index (χ1n) is 12.2. The summed E-state index contributed by atoms with van der Waals surface area (Å²) in [6.45, 7) is 6.85. The third kappa shape index (κ3) is 6.42. The molecule has 0 aromatic heterocycles. The molecule has 0 bridgehead atoms. The first-order chi connectivity index (χ1) is 16.9. The number of rotatable bonds is 11. The van der Waals surface area contributed by atoms with Gasteiger partial charge in [0.05, 0.1) is 0 Å². The minimum atomic E-state index is -1.89. The molecular weight excluding hydrogens is 452 g/mol. The lowest BCUT2D eigenvalue weighted by atomic mass is 9.76. The van der Waals surface area contributed by atoms with Crippen molar-refractivity contribution >= 4 is 17.3 Å². The number of hydrogen-bond acceptors (Lipinski definition) is 5. The van der Waals surface area contributed by atoms with Crippen LogP contribution in [0.15, 0.2) is 84.9 Å². The van der Waals surface area contributed by atoms with Gasteiger partial charge in [-0.25, -0.2) is 0 Å². The van der Waals surface area contributed by atoms with E-state index in [0.717, 1.165) is 5.56 Å². The van der Waals surface area contributed by atoms with Crippen molar-refractivity contribution in [1.82, 2.24) is 0 Å². The van der Waals surface area contributed by atoms with E-state index in [1.54, 1.807) is 72.8 Å². The predicted molar refractivity (Wildman–Crippen MR) is 140 cm³/mol. The van der Waals surface area contributed by atoms with Crippen molar-refractivity contribution in [3.63, 3.8) is 0 Å². The molecule has 0 spiro atoms. The van der Waals surface area contributed by atoms with Gasteiger partial charge in [0.1, 0.15) is 11.2 Å². The van der Waals surface area contributed by atoms with E-state index in [0.29, 0.717) is 22.6 Å². The van der Waals surface area contributed by atoms with Crippen molar-refractivity contribution in [2.24, 2.45) is 5.92 Å². The summed E-state index contributed by atoms with van der Waals surface area (Å²) in [6, 6.07) is 23.9. The first kappa shape index (κ1) is 27.2. The Morgan fingerprint density at radius 3 is 1.44 bits per heavy atom. The summed E-state index contributed by atoms with van der Waals surface area (Å²) in [4.78, 5) is 39.8. The smallest absolute Gasteiger partial charge is 0.194 e. The zero-order chi connectivity index (χ0) is 26.5. The molecule has 0 aliphatic rings. The van der Waals surface area contributed by atoms with Crippen molar-refractivity contribution in [2.75, 3.05) is 0 Å². The second-order valence-electron chi connectivity index (χ2n) is 10.2. The molecule has 36 heavy (non-hydrogen) atoms. The molecule has 3 aromatic rings. The Bertz CT molecular complexity index is 1190. The lowest BCUT2D eigenvalue weighted by molar-refractivity contribution is 0.00806. The Morgan fingerprint density at radius 2 is 1.03 bits per heavy atom. The van der Waals surface area contributed by atoms with Crippen molar-refractivity contribution in [2.45, 2.75) is 57.7 Å². The van der Waals surface area contributed by atoms with Crippen LogP contribution in [0, 0.1) is 5.92 Å². The van der Waals surface area contributed by atoms with Gasteiger partial charge < -0.3 is 10.2 Å². The van der Waals surface area contributed by atoms with Crippen LogP contribution < -0.4 is 0 Å². The molecular formula is C31H34O5. The Morgan fingerprint density at radius 1 is 0.639 bits per heavy atom. The molecule has 5 nitrogen and oxygen atoms in total. The van der Waals surface area contributed by atoms with Gasteiger partial charge >= 0.3 is 0 Å². The number of hydrogen-bond donors (Lipinski definition) is 2. The van der Waals surface area contributed by atoms with Crippen LogP contribution >= 0.6 is 0 Å². The molecule has 0 saturated heterocycles. The quantitative estimate of drug-likeness (QED) is 0.341. The third-order valence-electron chi connectivity index (χ3n) is 6.57. The lowest BCUT2D eigenvalue weighted by Crippen LogP contribution is -2.44. The van der Waals surface area contributed by atoms with E-state index in [1.807, 2.05) is 12.1 Å². The zero-order valence-electron chi connectivity index (χ0n) is 21.3. The van der Waals surface area contributed by atoms with Gasteiger partial charge in [-0.1, -0.05) is 98.8 Å². The topological polar surface area (TPSA) is 91.7 Å². The minimum Gasteiger partial charge on any atom is -0.382 e. The Labute approximate surface area is 212 Å². The molecule has 2 N–H and O–H groups in total. The molecule has 0 amide bonds. The maximum Gasteiger partial charge on any atom is 0.194 e. The van der Waals surface area contributed by atoms with E-state index in [1.165, 1.54) is 13.8 Å². The molecule has 3 unspecified atom stereocenters. The lowest BCUT2D eigenvalue weighted by Gasteiger charge is -2.31. The Balaban J connectivity index is 1.90. The van der Waals surface area contributed by atoms with Gasteiger partial charge in [-0.05, 0) is 38.2 Å². The molecule has 3 aromatic carbocycles. The second kappa shape index (κ2) is 11.1. The van der Waals surface area contributed by atoms with Gasteiger partial charge in [-0.2, -0.15) is 0 Å². The summed E-state index contributed by atoms with van der Waals surface area (Å²) in [7, 11) is 0. The van der Waals surface area contributed by atoms with Gasteiger partial charge in [-0.3, -0.25) is 14.4 Å². The summed E-state index contributed by atoms with van der Waals surface area (Å²) < 4.78 is 0. The molecule has 0 heterocycles. The number of Topliss-reactive ketones (excluding diaryl/α,β-unsaturated/α-hetero) is 3. The van der Waals surface area contributed by atoms with E-state index in [4.69, 9.17) is 0 Å². The van der Waals surface area contributed by atoms with Crippen molar-refractivity contribution in [3.05, 3.63) is 107 Å². The van der Waals surface area contributed by atoms with Gasteiger partial charge in [-0.15, -0.1) is 0 Å². The maximum absolute atomic E-state index is 13.5. The van der Waals surface area contributed by atoms with Crippen LogP contribution in [0.1, 0.15) is 83.1 Å². The van der Waals surface area contributed by atoms with E-state index < -0.39 is 28.7 Å². The highest BCUT2D eigenvalue weighted by atomic mass is 16.3. The predicted octanol–water partition coefficient (Wildman–Crippen LogP) is 5.66. The van der Waals surface area contributed by atoms with Crippen LogP contribution in [0.4, 0.5) is 0 Å². The van der Waals surface area contributed by atoms with Gasteiger partial charge in [0, 0.05) is 22.6 Å². The largest absolute Gasteiger partial charge is 0.382 e. The molecule has 3 rings (SSSR count). The van der Waals surface area contributed by atoms with Crippen LogP contribution in [0.3, 0.4) is 0 Å². The summed E-state index contributed by atoms with van der Waals surface area (Å²) in [5.41, 5.74) is -1.66. The van der Waals surface area contributed by atoms with Gasteiger partial charge in [0.25, 0.3) is 0 Å². The molecule has 0 saturated carbocycles. The number of benzene rings is 3. The van der Waals surface area contributed by atoms with Crippen LogP contribution in [0.25, 0.3) is 0 Å². The highest BCUT2D eigenvalue weighted by Crippen LogP contribution is 2.32. The summed E-state index contributed by atoms with van der Waals surface area (Å²) in [6.07, 6.45) is -0.492. The number of ketones is 3. The molecule has 188 valence electrons. The fraction of sp³-hybridized carbons (Fsp3) is 0.323. The van der Waals surface area contributed by atoms with E-state index >= 15 is 0 Å². The normalized spacial score (nSPS) is 15.5. The first-order valence-corrected chi connectivity index (χ1v) is 12.2. The van der Waals surface area contributed by atoms with Gasteiger partial charge in [0.2, 0.25) is 0 Å². The number of carbonyl (C=O) groups excluding carboxylic acids is 3. The highest BCUT2D eigenvalue weighted by molar-refractivity contribution is 6.05. The summed E-state index contributed by atoms with van der Waals surface area (Å²) in [5, 5.41) is 22.4. The maximum atomic E-state index is 13.5. The molecule has 0 aliphatic heterocycles. The van der Waals surface area contributed by atoms with Gasteiger partial charge in [0.15, 0.2) is 17.3 Å². The molecule has 5 heteroatoms. The van der Waals surface area contributed by atoms with Crippen LogP contribution in [0.2, 0.25) is 0 Å². The SMILES string of the molecule is CC(C)c1ccc(C(=O)C(C)(O)CC(CC(C)(O)C(=O)c2ccccc2)C(=O)c2ccccc2)cc1. The molecule has 3 atom stereocenters.